The zero-order valence-corrected chi connectivity index (χ0v) is 12.3. The number of rotatable bonds is 2. The van der Waals surface area contributed by atoms with E-state index >= 15 is 0 Å². The lowest BCUT2D eigenvalue weighted by Crippen LogP contribution is -2.32. The number of benzene rings is 1. The minimum Gasteiger partial charge on any atom is -0.351 e. The molecule has 3 heterocycles. The van der Waals surface area contributed by atoms with Gasteiger partial charge in [-0.25, -0.2) is 4.79 Å². The Morgan fingerprint density at radius 3 is 2.39 bits per heavy atom. The molecule has 23 heavy (non-hydrogen) atoms. The minimum atomic E-state index is -0.693. The van der Waals surface area contributed by atoms with Crippen LogP contribution in [-0.4, -0.2) is 27.4 Å². The molecule has 6 nitrogen and oxygen atoms in total. The van der Waals surface area contributed by atoms with Crippen molar-refractivity contribution in [2.75, 3.05) is 0 Å². The van der Waals surface area contributed by atoms with Crippen LogP contribution in [0, 0.1) is 0 Å². The van der Waals surface area contributed by atoms with E-state index in [-0.39, 0.29) is 11.1 Å². The third-order valence-electron chi connectivity index (χ3n) is 4.23. The van der Waals surface area contributed by atoms with Gasteiger partial charge in [0.2, 0.25) is 0 Å². The highest BCUT2D eigenvalue weighted by Crippen LogP contribution is 2.24. The molecule has 0 N–H and O–H groups in total. The van der Waals surface area contributed by atoms with Crippen molar-refractivity contribution in [3.05, 3.63) is 58.9 Å². The van der Waals surface area contributed by atoms with Crippen molar-refractivity contribution < 1.29 is 19.2 Å². The molecule has 0 aliphatic carbocycles. The molecule has 0 unspecified atom stereocenters. The van der Waals surface area contributed by atoms with Gasteiger partial charge in [0.05, 0.1) is 16.7 Å². The number of carbonyl (C=O) groups excluding carboxylic acids is 3. The normalized spacial score (nSPS) is 16.3. The lowest BCUT2D eigenvalue weighted by atomic mass is 10.1. The smallest absolute Gasteiger partial charge is 0.351 e. The molecule has 1 aromatic carbocycles. The van der Waals surface area contributed by atoms with E-state index in [9.17, 15) is 14.4 Å². The number of hydrogen-bond acceptors (Lipinski definition) is 4. The molecule has 2 amide bonds. The van der Waals surface area contributed by atoms with E-state index in [2.05, 4.69) is 0 Å². The second-order valence-corrected chi connectivity index (χ2v) is 5.70. The van der Waals surface area contributed by atoms with Crippen molar-refractivity contribution >= 4 is 17.8 Å². The quantitative estimate of drug-likeness (QED) is 0.797. The van der Waals surface area contributed by atoms with Gasteiger partial charge in [0, 0.05) is 18.4 Å². The van der Waals surface area contributed by atoms with Crippen LogP contribution >= 0.6 is 0 Å². The highest BCUT2D eigenvalue weighted by atomic mass is 16.7. The van der Waals surface area contributed by atoms with Crippen LogP contribution in [0.4, 0.5) is 0 Å². The van der Waals surface area contributed by atoms with E-state index in [4.69, 9.17) is 4.84 Å². The molecule has 0 saturated heterocycles. The summed E-state index contributed by atoms with van der Waals surface area (Å²) in [5.41, 5.74) is 1.94. The fourth-order valence-corrected chi connectivity index (χ4v) is 3.06. The van der Waals surface area contributed by atoms with Gasteiger partial charge in [-0.3, -0.25) is 9.59 Å². The number of amides is 2. The van der Waals surface area contributed by atoms with Gasteiger partial charge in [0.15, 0.2) is 0 Å². The van der Waals surface area contributed by atoms with Crippen molar-refractivity contribution in [1.29, 1.82) is 0 Å². The first-order valence-corrected chi connectivity index (χ1v) is 7.54. The second kappa shape index (κ2) is 5.08. The summed E-state index contributed by atoms with van der Waals surface area (Å²) >= 11 is 0. The van der Waals surface area contributed by atoms with Crippen LogP contribution in [0.1, 0.15) is 49.6 Å². The van der Waals surface area contributed by atoms with Crippen molar-refractivity contribution in [2.45, 2.75) is 25.8 Å². The largest absolute Gasteiger partial charge is 0.365 e. The SMILES string of the molecule is O=C(ON1C(=O)c2ccccc2C1=O)c1cc2n(c1)CCCC2. The third kappa shape index (κ3) is 2.14. The van der Waals surface area contributed by atoms with Gasteiger partial charge in [-0.2, -0.15) is 0 Å². The zero-order valence-electron chi connectivity index (χ0n) is 12.3. The average molecular weight is 310 g/mol. The summed E-state index contributed by atoms with van der Waals surface area (Å²) in [5.74, 6) is -1.91. The number of fused-ring (bicyclic) bond motifs is 2. The third-order valence-corrected chi connectivity index (χ3v) is 4.23. The maximum atomic E-state index is 12.3. The molecule has 1 aromatic heterocycles. The van der Waals surface area contributed by atoms with Crippen molar-refractivity contribution in [3.8, 4) is 0 Å². The summed E-state index contributed by atoms with van der Waals surface area (Å²) in [6, 6.07) is 8.18. The van der Waals surface area contributed by atoms with E-state index in [1.807, 2.05) is 4.57 Å². The van der Waals surface area contributed by atoms with E-state index in [1.165, 1.54) is 0 Å². The number of imide groups is 1. The molecule has 0 bridgehead atoms. The monoisotopic (exact) mass is 310 g/mol. The Morgan fingerprint density at radius 2 is 1.74 bits per heavy atom. The lowest BCUT2D eigenvalue weighted by Gasteiger charge is -2.13. The Hall–Kier alpha value is -2.89. The molecule has 2 aliphatic heterocycles. The van der Waals surface area contributed by atoms with E-state index in [0.29, 0.717) is 10.6 Å². The van der Waals surface area contributed by atoms with Crippen molar-refractivity contribution in [3.63, 3.8) is 0 Å². The van der Waals surface area contributed by atoms with Gasteiger partial charge >= 0.3 is 5.97 Å². The molecule has 0 fully saturated rings. The maximum Gasteiger partial charge on any atom is 0.365 e. The van der Waals surface area contributed by atoms with Gasteiger partial charge in [-0.1, -0.05) is 17.2 Å². The van der Waals surface area contributed by atoms with Crippen LogP contribution in [0.25, 0.3) is 0 Å². The van der Waals surface area contributed by atoms with Gasteiger partial charge in [-0.05, 0) is 37.5 Å². The number of aryl methyl sites for hydroxylation is 2. The number of hydrogen-bond donors (Lipinski definition) is 0. The fraction of sp³-hybridized carbons (Fsp3) is 0.235. The number of carbonyl (C=O) groups is 3. The number of hydroxylamine groups is 2. The molecule has 2 aliphatic rings. The Balaban J connectivity index is 1.57. The standard InChI is InChI=1S/C17H14N2O4/c20-15-13-6-1-2-7-14(13)16(21)19(15)23-17(22)11-9-12-5-3-4-8-18(12)10-11/h1-2,6-7,9-10H,3-5,8H2. The van der Waals surface area contributed by atoms with Gasteiger partial charge in [0.25, 0.3) is 11.8 Å². The molecule has 0 spiro atoms. The first kappa shape index (κ1) is 13.8. The molecule has 0 radical (unpaired) electrons. The fourth-order valence-electron chi connectivity index (χ4n) is 3.06. The topological polar surface area (TPSA) is 68.6 Å². The zero-order chi connectivity index (χ0) is 16.0. The lowest BCUT2D eigenvalue weighted by molar-refractivity contribution is -0.0584. The first-order chi connectivity index (χ1) is 11.1. The van der Waals surface area contributed by atoms with Crippen LogP contribution in [0.3, 0.4) is 0 Å². The van der Waals surface area contributed by atoms with Crippen LogP contribution < -0.4 is 0 Å². The molecule has 6 heteroatoms. The van der Waals surface area contributed by atoms with Crippen LogP contribution in [0.2, 0.25) is 0 Å². The second-order valence-electron chi connectivity index (χ2n) is 5.70. The highest BCUT2D eigenvalue weighted by molar-refractivity contribution is 6.21. The molecular weight excluding hydrogens is 296 g/mol. The Bertz CT molecular complexity index is 778. The van der Waals surface area contributed by atoms with Gasteiger partial charge < -0.3 is 9.40 Å². The average Bonchev–Trinajstić information content (AvgIpc) is 3.11. The Morgan fingerprint density at radius 1 is 1.04 bits per heavy atom. The molecule has 4 rings (SSSR count). The number of nitrogens with zero attached hydrogens (tertiary/aromatic N) is 2. The summed E-state index contributed by atoms with van der Waals surface area (Å²) in [6.07, 6.45) is 4.81. The van der Waals surface area contributed by atoms with E-state index < -0.39 is 17.8 Å². The van der Waals surface area contributed by atoms with E-state index in [1.54, 1.807) is 36.5 Å². The van der Waals surface area contributed by atoms with Crippen LogP contribution in [-0.2, 0) is 17.8 Å². The van der Waals surface area contributed by atoms with Crippen molar-refractivity contribution in [1.82, 2.24) is 9.63 Å². The summed E-state index contributed by atoms with van der Waals surface area (Å²) in [6.45, 7) is 0.871. The Labute approximate surface area is 132 Å². The highest BCUT2D eigenvalue weighted by Gasteiger charge is 2.39. The molecule has 2 aromatic rings. The van der Waals surface area contributed by atoms with Crippen molar-refractivity contribution in [2.24, 2.45) is 0 Å². The van der Waals surface area contributed by atoms with Gasteiger partial charge in [0.1, 0.15) is 0 Å². The summed E-state index contributed by atoms with van der Waals surface area (Å²) in [7, 11) is 0. The molecule has 0 saturated carbocycles. The first-order valence-electron chi connectivity index (χ1n) is 7.54. The number of aromatic nitrogens is 1. The molecular formula is C17H14N2O4. The van der Waals surface area contributed by atoms with Crippen LogP contribution in [0.5, 0.6) is 0 Å². The van der Waals surface area contributed by atoms with Gasteiger partial charge in [-0.15, -0.1) is 0 Å². The summed E-state index contributed by atoms with van der Waals surface area (Å²) < 4.78 is 2.02. The van der Waals surface area contributed by atoms with E-state index in [0.717, 1.165) is 31.5 Å². The summed E-state index contributed by atoms with van der Waals surface area (Å²) in [5, 5.41) is 0.545. The Kier molecular flexibility index (Phi) is 3.04. The maximum absolute atomic E-state index is 12.3. The molecule has 0 atom stereocenters. The summed E-state index contributed by atoms with van der Waals surface area (Å²) in [4.78, 5) is 41.7. The minimum absolute atomic E-state index is 0.251. The predicted octanol–water partition coefficient (Wildman–Crippen LogP) is 2.19. The van der Waals surface area contributed by atoms with Crippen LogP contribution in [0.15, 0.2) is 36.5 Å². The molecule has 116 valence electrons. The predicted molar refractivity (Wildman–Crippen MR) is 79.7 cm³/mol.